The third kappa shape index (κ3) is 4.13. The predicted octanol–water partition coefficient (Wildman–Crippen LogP) is 0.792. The van der Waals surface area contributed by atoms with Crippen LogP contribution in [0.25, 0.3) is 0 Å². The second kappa shape index (κ2) is 5.75. The summed E-state index contributed by atoms with van der Waals surface area (Å²) in [6.45, 7) is 1.86. The molecule has 0 radical (unpaired) electrons. The molecule has 3 N–H and O–H groups in total. The highest BCUT2D eigenvalue weighted by Crippen LogP contribution is 2.27. The van der Waals surface area contributed by atoms with Crippen LogP contribution in [0.3, 0.4) is 0 Å². The number of benzene rings is 1. The maximum absolute atomic E-state index is 9.73. The lowest BCUT2D eigenvalue weighted by atomic mass is 10.1. The number of nitrogens with two attached hydrogens (primary N) is 1. The van der Waals surface area contributed by atoms with E-state index in [4.69, 9.17) is 19.9 Å². The van der Waals surface area contributed by atoms with Gasteiger partial charge in [0.15, 0.2) is 0 Å². The lowest BCUT2D eigenvalue weighted by molar-refractivity contribution is 0.0194. The smallest absolute Gasteiger partial charge is 0.126 e. The van der Waals surface area contributed by atoms with Crippen LogP contribution in [-0.4, -0.2) is 38.1 Å². The van der Waals surface area contributed by atoms with E-state index in [-0.39, 0.29) is 13.2 Å². The molecule has 5 heteroatoms. The topological polar surface area (TPSA) is 73.9 Å². The molecule has 5 nitrogen and oxygen atoms in total. The highest BCUT2D eigenvalue weighted by atomic mass is 16.5. The first-order chi connectivity index (χ1) is 8.00. The van der Waals surface area contributed by atoms with E-state index in [1.807, 2.05) is 0 Å². The van der Waals surface area contributed by atoms with Gasteiger partial charge in [0.25, 0.3) is 0 Å². The summed E-state index contributed by atoms with van der Waals surface area (Å²) < 4.78 is 15.7. The normalized spacial score (nSPS) is 13.9. The van der Waals surface area contributed by atoms with Crippen molar-refractivity contribution in [2.45, 2.75) is 12.5 Å². The number of methoxy groups -OCH3 is 2. The van der Waals surface area contributed by atoms with Crippen molar-refractivity contribution < 1.29 is 19.3 Å². The summed E-state index contributed by atoms with van der Waals surface area (Å²) in [7, 11) is 3.13. The lowest BCUT2D eigenvalue weighted by Crippen LogP contribution is -2.40. The van der Waals surface area contributed by atoms with Gasteiger partial charge in [0, 0.05) is 24.7 Å². The molecule has 1 unspecified atom stereocenters. The van der Waals surface area contributed by atoms with Crippen LogP contribution in [0, 0.1) is 0 Å². The molecule has 0 aliphatic heterocycles. The van der Waals surface area contributed by atoms with E-state index in [0.717, 1.165) is 0 Å². The molecular formula is C12H19NO4. The Labute approximate surface area is 101 Å². The van der Waals surface area contributed by atoms with E-state index >= 15 is 0 Å². The maximum Gasteiger partial charge on any atom is 0.126 e. The Morgan fingerprint density at radius 1 is 1.12 bits per heavy atom. The highest BCUT2D eigenvalue weighted by Gasteiger charge is 2.19. The van der Waals surface area contributed by atoms with E-state index in [2.05, 4.69) is 0 Å². The Morgan fingerprint density at radius 3 is 2.00 bits per heavy atom. The van der Waals surface area contributed by atoms with Crippen LogP contribution < -0.4 is 19.9 Å². The van der Waals surface area contributed by atoms with Crippen molar-refractivity contribution in [3.63, 3.8) is 0 Å². The van der Waals surface area contributed by atoms with E-state index < -0.39 is 5.60 Å². The fourth-order valence-electron chi connectivity index (χ4n) is 1.16. The zero-order valence-electron chi connectivity index (χ0n) is 10.4. The van der Waals surface area contributed by atoms with Crippen molar-refractivity contribution in [2.24, 2.45) is 5.73 Å². The molecule has 1 rings (SSSR count). The van der Waals surface area contributed by atoms with Crippen molar-refractivity contribution in [1.29, 1.82) is 0 Å². The third-order valence-corrected chi connectivity index (χ3v) is 2.31. The van der Waals surface area contributed by atoms with Crippen molar-refractivity contribution in [2.75, 3.05) is 27.4 Å². The molecule has 17 heavy (non-hydrogen) atoms. The molecule has 1 aromatic carbocycles. The van der Waals surface area contributed by atoms with E-state index in [9.17, 15) is 5.11 Å². The minimum Gasteiger partial charge on any atom is -0.496 e. The molecule has 0 aromatic heterocycles. The van der Waals surface area contributed by atoms with Crippen LogP contribution in [0.15, 0.2) is 18.2 Å². The molecule has 0 aliphatic rings. The third-order valence-electron chi connectivity index (χ3n) is 2.31. The van der Waals surface area contributed by atoms with Gasteiger partial charge in [0.05, 0.1) is 14.2 Å². The standard InChI is InChI=1S/C12H19NO4/c1-12(14,7-13)8-17-11-5-9(15-2)4-10(6-11)16-3/h4-6,14H,7-8,13H2,1-3H3. The Bertz CT molecular complexity index is 343. The van der Waals surface area contributed by atoms with Gasteiger partial charge >= 0.3 is 0 Å². The second-order valence-corrected chi connectivity index (χ2v) is 4.04. The second-order valence-electron chi connectivity index (χ2n) is 4.04. The van der Waals surface area contributed by atoms with Crippen LogP contribution in [0.5, 0.6) is 17.2 Å². The summed E-state index contributed by atoms with van der Waals surface area (Å²) in [5.41, 5.74) is 4.36. The van der Waals surface area contributed by atoms with Crippen LogP contribution in [0.4, 0.5) is 0 Å². The van der Waals surface area contributed by atoms with E-state index in [1.165, 1.54) is 0 Å². The molecule has 0 amide bonds. The van der Waals surface area contributed by atoms with Gasteiger partial charge in [-0.05, 0) is 6.92 Å². The van der Waals surface area contributed by atoms with Gasteiger partial charge in [0.2, 0.25) is 0 Å². The van der Waals surface area contributed by atoms with Crippen LogP contribution in [0.2, 0.25) is 0 Å². The van der Waals surface area contributed by atoms with Gasteiger partial charge < -0.3 is 25.1 Å². The lowest BCUT2D eigenvalue weighted by Gasteiger charge is -2.21. The molecular weight excluding hydrogens is 222 g/mol. The molecule has 0 saturated heterocycles. The monoisotopic (exact) mass is 241 g/mol. The SMILES string of the molecule is COc1cc(OC)cc(OCC(C)(O)CN)c1. The van der Waals surface area contributed by atoms with Gasteiger partial charge in [-0.1, -0.05) is 0 Å². The molecule has 1 atom stereocenters. The predicted molar refractivity (Wildman–Crippen MR) is 64.7 cm³/mol. The first-order valence-corrected chi connectivity index (χ1v) is 5.29. The Hall–Kier alpha value is -1.46. The average Bonchev–Trinajstić information content (AvgIpc) is 2.36. The van der Waals surface area contributed by atoms with Crippen LogP contribution in [-0.2, 0) is 0 Å². The van der Waals surface area contributed by atoms with Crippen molar-refractivity contribution >= 4 is 0 Å². The van der Waals surface area contributed by atoms with Gasteiger partial charge in [-0.15, -0.1) is 0 Å². The van der Waals surface area contributed by atoms with Gasteiger partial charge in [-0.3, -0.25) is 0 Å². The summed E-state index contributed by atoms with van der Waals surface area (Å²) in [4.78, 5) is 0. The fraction of sp³-hybridized carbons (Fsp3) is 0.500. The fourth-order valence-corrected chi connectivity index (χ4v) is 1.16. The molecule has 96 valence electrons. The number of ether oxygens (including phenoxy) is 3. The van der Waals surface area contributed by atoms with Crippen molar-refractivity contribution in [3.05, 3.63) is 18.2 Å². The van der Waals surface area contributed by atoms with E-state index in [1.54, 1.807) is 39.3 Å². The first-order valence-electron chi connectivity index (χ1n) is 5.29. The zero-order chi connectivity index (χ0) is 12.9. The number of hydrogen-bond donors (Lipinski definition) is 2. The number of hydrogen-bond acceptors (Lipinski definition) is 5. The van der Waals surface area contributed by atoms with Gasteiger partial charge in [0.1, 0.15) is 29.5 Å². The maximum atomic E-state index is 9.73. The zero-order valence-corrected chi connectivity index (χ0v) is 10.4. The van der Waals surface area contributed by atoms with Crippen molar-refractivity contribution in [1.82, 2.24) is 0 Å². The quantitative estimate of drug-likeness (QED) is 0.770. The Kier molecular flexibility index (Phi) is 4.60. The van der Waals surface area contributed by atoms with Crippen LogP contribution in [0.1, 0.15) is 6.92 Å². The molecule has 0 fully saturated rings. The summed E-state index contributed by atoms with van der Waals surface area (Å²) in [6.07, 6.45) is 0. The van der Waals surface area contributed by atoms with Gasteiger partial charge in [-0.2, -0.15) is 0 Å². The molecule has 0 spiro atoms. The van der Waals surface area contributed by atoms with Crippen molar-refractivity contribution in [3.8, 4) is 17.2 Å². The summed E-state index contributed by atoms with van der Waals surface area (Å²) >= 11 is 0. The summed E-state index contributed by atoms with van der Waals surface area (Å²) in [6, 6.07) is 5.18. The summed E-state index contributed by atoms with van der Waals surface area (Å²) in [5, 5.41) is 9.73. The molecule has 1 aromatic rings. The minimum absolute atomic E-state index is 0.111. The van der Waals surface area contributed by atoms with Crippen LogP contribution >= 0.6 is 0 Å². The Balaban J connectivity index is 2.76. The first kappa shape index (κ1) is 13.6. The molecule has 0 saturated carbocycles. The number of rotatable bonds is 6. The Morgan fingerprint density at radius 2 is 1.59 bits per heavy atom. The largest absolute Gasteiger partial charge is 0.496 e. The van der Waals surface area contributed by atoms with E-state index in [0.29, 0.717) is 17.2 Å². The van der Waals surface area contributed by atoms with Gasteiger partial charge in [-0.25, -0.2) is 0 Å². The minimum atomic E-state index is -1.05. The molecule has 0 aliphatic carbocycles. The number of aliphatic hydroxyl groups is 1. The summed E-state index contributed by atoms with van der Waals surface area (Å²) in [5.74, 6) is 1.83. The average molecular weight is 241 g/mol. The highest BCUT2D eigenvalue weighted by molar-refractivity contribution is 5.42. The molecule has 0 bridgehead atoms. The molecule has 0 heterocycles.